The monoisotopic (exact) mass is 420 g/mol. The summed E-state index contributed by atoms with van der Waals surface area (Å²) in [6.45, 7) is 2.29. The Balaban J connectivity index is 3.07. The van der Waals surface area contributed by atoms with Gasteiger partial charge in [0.1, 0.15) is 0 Å². The molecule has 0 aromatic heterocycles. The first kappa shape index (κ1) is 28.9. The molecule has 0 amide bonds. The van der Waals surface area contributed by atoms with E-state index >= 15 is 0 Å². The SMILES string of the molecule is CCCCCCCCCCCCCCCCCCCCCCCC=CC=CC(=O)O. The number of hydrogen-bond acceptors (Lipinski definition) is 1. The quantitative estimate of drug-likeness (QED) is 0.0958. The largest absolute Gasteiger partial charge is 0.478 e. The Hall–Kier alpha value is -1.05. The molecule has 0 spiro atoms. The molecule has 1 N–H and O–H groups in total. The highest BCUT2D eigenvalue weighted by atomic mass is 16.4. The van der Waals surface area contributed by atoms with Gasteiger partial charge in [0, 0.05) is 6.08 Å². The molecular weight excluding hydrogens is 368 g/mol. The van der Waals surface area contributed by atoms with E-state index in [1.165, 1.54) is 141 Å². The molecule has 0 aliphatic rings. The van der Waals surface area contributed by atoms with Gasteiger partial charge in [0.2, 0.25) is 0 Å². The summed E-state index contributed by atoms with van der Waals surface area (Å²) in [4.78, 5) is 10.3. The van der Waals surface area contributed by atoms with Crippen LogP contribution in [0.1, 0.15) is 148 Å². The Morgan fingerprint density at radius 2 is 0.867 bits per heavy atom. The zero-order valence-electron chi connectivity index (χ0n) is 20.2. The van der Waals surface area contributed by atoms with Crippen LogP contribution in [-0.4, -0.2) is 11.1 Å². The van der Waals surface area contributed by atoms with Crippen LogP contribution in [-0.2, 0) is 4.79 Å². The number of hydrogen-bond donors (Lipinski definition) is 1. The molecule has 0 fully saturated rings. The molecule has 0 rings (SSSR count). The lowest BCUT2D eigenvalue weighted by Gasteiger charge is -2.04. The molecule has 0 aromatic rings. The third kappa shape index (κ3) is 27.0. The fourth-order valence-corrected chi connectivity index (χ4v) is 4.01. The second-order valence-electron chi connectivity index (χ2n) is 8.99. The predicted octanol–water partition coefficient (Wildman–Crippen LogP) is 9.79. The van der Waals surface area contributed by atoms with Crippen LogP contribution in [0.3, 0.4) is 0 Å². The van der Waals surface area contributed by atoms with Gasteiger partial charge in [0.25, 0.3) is 0 Å². The summed E-state index contributed by atoms with van der Waals surface area (Å²) < 4.78 is 0. The summed E-state index contributed by atoms with van der Waals surface area (Å²) in [7, 11) is 0. The van der Waals surface area contributed by atoms with Crippen LogP contribution in [0.2, 0.25) is 0 Å². The van der Waals surface area contributed by atoms with Gasteiger partial charge >= 0.3 is 5.97 Å². The number of allylic oxidation sites excluding steroid dienone is 3. The molecule has 176 valence electrons. The number of carbonyl (C=O) groups is 1. The maximum Gasteiger partial charge on any atom is 0.328 e. The molecule has 0 atom stereocenters. The minimum atomic E-state index is -0.881. The molecule has 0 heterocycles. The van der Waals surface area contributed by atoms with Crippen molar-refractivity contribution in [1.82, 2.24) is 0 Å². The van der Waals surface area contributed by atoms with Gasteiger partial charge in [-0.15, -0.1) is 0 Å². The second kappa shape index (κ2) is 26.0. The molecule has 2 nitrogen and oxygen atoms in total. The Morgan fingerprint density at radius 1 is 0.533 bits per heavy atom. The van der Waals surface area contributed by atoms with Crippen molar-refractivity contribution < 1.29 is 9.90 Å². The van der Waals surface area contributed by atoms with Crippen LogP contribution in [0.4, 0.5) is 0 Å². The van der Waals surface area contributed by atoms with Crippen LogP contribution in [0.15, 0.2) is 24.3 Å². The van der Waals surface area contributed by atoms with Crippen molar-refractivity contribution in [1.29, 1.82) is 0 Å². The van der Waals surface area contributed by atoms with Crippen LogP contribution < -0.4 is 0 Å². The van der Waals surface area contributed by atoms with E-state index in [1.54, 1.807) is 6.08 Å². The highest BCUT2D eigenvalue weighted by molar-refractivity contribution is 5.80. The maximum atomic E-state index is 10.3. The van der Waals surface area contributed by atoms with Crippen LogP contribution in [0.25, 0.3) is 0 Å². The first-order valence-corrected chi connectivity index (χ1v) is 13.3. The van der Waals surface area contributed by atoms with Gasteiger partial charge < -0.3 is 5.11 Å². The minimum Gasteiger partial charge on any atom is -0.478 e. The number of unbranched alkanes of at least 4 members (excludes halogenated alkanes) is 21. The van der Waals surface area contributed by atoms with Gasteiger partial charge in [-0.3, -0.25) is 0 Å². The first-order chi connectivity index (χ1) is 14.8. The average molecular weight is 421 g/mol. The summed E-state index contributed by atoms with van der Waals surface area (Å²) in [5.74, 6) is -0.881. The minimum absolute atomic E-state index is 0.881. The van der Waals surface area contributed by atoms with Gasteiger partial charge in [-0.25, -0.2) is 4.79 Å². The Morgan fingerprint density at radius 3 is 1.20 bits per heavy atom. The molecule has 0 aliphatic heterocycles. The van der Waals surface area contributed by atoms with E-state index in [0.717, 1.165) is 6.42 Å². The van der Waals surface area contributed by atoms with E-state index in [4.69, 9.17) is 5.11 Å². The molecule has 0 saturated carbocycles. The molecule has 0 bridgehead atoms. The van der Waals surface area contributed by atoms with Gasteiger partial charge in [0.05, 0.1) is 0 Å². The van der Waals surface area contributed by atoms with Crippen molar-refractivity contribution >= 4 is 5.97 Å². The zero-order valence-corrected chi connectivity index (χ0v) is 20.2. The molecule has 0 aliphatic carbocycles. The van der Waals surface area contributed by atoms with Crippen molar-refractivity contribution in [3.05, 3.63) is 24.3 Å². The van der Waals surface area contributed by atoms with Crippen molar-refractivity contribution in [2.24, 2.45) is 0 Å². The van der Waals surface area contributed by atoms with E-state index in [2.05, 4.69) is 13.0 Å². The van der Waals surface area contributed by atoms with Crippen molar-refractivity contribution in [3.63, 3.8) is 0 Å². The number of carboxylic acids is 1. The standard InChI is InChI=1S/C28H52O2/c1-2-3-4-5-6-7-8-9-10-11-12-13-14-15-16-17-18-19-20-21-22-23-24-25-26-27-28(29)30/h24-27H,2-23H2,1H3,(H,29,30). The third-order valence-electron chi connectivity index (χ3n) is 5.96. The summed E-state index contributed by atoms with van der Waals surface area (Å²) in [5, 5.41) is 8.48. The lowest BCUT2D eigenvalue weighted by atomic mass is 10.0. The lowest BCUT2D eigenvalue weighted by Crippen LogP contribution is -1.84. The molecule has 0 aromatic carbocycles. The summed E-state index contributed by atoms with van der Waals surface area (Å²) in [5.41, 5.74) is 0. The molecule has 0 saturated heterocycles. The van der Waals surface area contributed by atoms with Crippen molar-refractivity contribution in [2.75, 3.05) is 0 Å². The van der Waals surface area contributed by atoms with Crippen molar-refractivity contribution in [2.45, 2.75) is 148 Å². The van der Waals surface area contributed by atoms with E-state index in [0.29, 0.717) is 0 Å². The van der Waals surface area contributed by atoms with Crippen LogP contribution in [0.5, 0.6) is 0 Å². The normalized spacial score (nSPS) is 11.8. The fraction of sp³-hybridized carbons (Fsp3) is 0.821. The highest BCUT2D eigenvalue weighted by Gasteiger charge is 1.95. The molecule has 0 radical (unpaired) electrons. The second-order valence-corrected chi connectivity index (χ2v) is 8.99. The fourth-order valence-electron chi connectivity index (χ4n) is 4.01. The van der Waals surface area contributed by atoms with Gasteiger partial charge in [0.15, 0.2) is 0 Å². The number of rotatable bonds is 24. The number of carboxylic acid groups (broad SMARTS) is 1. The molecule has 0 unspecified atom stereocenters. The predicted molar refractivity (Wildman–Crippen MR) is 133 cm³/mol. The zero-order chi connectivity index (χ0) is 22.0. The highest BCUT2D eigenvalue weighted by Crippen LogP contribution is 2.15. The topological polar surface area (TPSA) is 37.3 Å². The Labute approximate surface area is 188 Å². The summed E-state index contributed by atoms with van der Waals surface area (Å²) >= 11 is 0. The molecular formula is C28H52O2. The van der Waals surface area contributed by atoms with Gasteiger partial charge in [-0.05, 0) is 12.8 Å². The third-order valence-corrected chi connectivity index (χ3v) is 5.96. The van der Waals surface area contributed by atoms with Crippen molar-refractivity contribution in [3.8, 4) is 0 Å². The van der Waals surface area contributed by atoms with Crippen LogP contribution in [0, 0.1) is 0 Å². The average Bonchev–Trinajstić information content (AvgIpc) is 2.73. The van der Waals surface area contributed by atoms with E-state index < -0.39 is 5.97 Å². The molecule has 2 heteroatoms. The Kier molecular flexibility index (Phi) is 25.1. The summed E-state index contributed by atoms with van der Waals surface area (Å²) in [6.07, 6.45) is 37.5. The maximum absolute atomic E-state index is 10.3. The van der Waals surface area contributed by atoms with E-state index in [1.807, 2.05) is 6.08 Å². The Bertz CT molecular complexity index is 397. The lowest BCUT2D eigenvalue weighted by molar-refractivity contribution is -0.131. The van der Waals surface area contributed by atoms with E-state index in [-0.39, 0.29) is 0 Å². The van der Waals surface area contributed by atoms with E-state index in [9.17, 15) is 4.79 Å². The smallest absolute Gasteiger partial charge is 0.328 e. The van der Waals surface area contributed by atoms with Crippen LogP contribution >= 0.6 is 0 Å². The van der Waals surface area contributed by atoms with Gasteiger partial charge in [-0.1, -0.05) is 154 Å². The summed E-state index contributed by atoms with van der Waals surface area (Å²) in [6, 6.07) is 0. The first-order valence-electron chi connectivity index (χ1n) is 13.3. The van der Waals surface area contributed by atoms with Gasteiger partial charge in [-0.2, -0.15) is 0 Å². The molecule has 30 heavy (non-hydrogen) atoms. The number of aliphatic carboxylic acids is 1.